The molecular weight excluding hydrogens is 350 g/mol. The first kappa shape index (κ1) is 16.4. The summed E-state index contributed by atoms with van der Waals surface area (Å²) in [5, 5.41) is 9.07. The van der Waals surface area contributed by atoms with E-state index in [1.807, 2.05) is 24.3 Å². The van der Waals surface area contributed by atoms with Crippen molar-refractivity contribution >= 4 is 40.4 Å². The van der Waals surface area contributed by atoms with Crippen molar-refractivity contribution in [2.45, 2.75) is 4.90 Å². The second kappa shape index (κ2) is 6.34. The Hall–Kier alpha value is -3.06. The van der Waals surface area contributed by atoms with Gasteiger partial charge in [0.1, 0.15) is 5.84 Å². The largest absolute Gasteiger partial charge is 0.493 e. The van der Waals surface area contributed by atoms with Crippen molar-refractivity contribution in [1.82, 2.24) is 0 Å². The first-order chi connectivity index (χ1) is 12.6. The third-order valence-electron chi connectivity index (χ3n) is 4.12. The van der Waals surface area contributed by atoms with Gasteiger partial charge in [-0.2, -0.15) is 4.99 Å². The lowest BCUT2D eigenvalue weighted by Gasteiger charge is -2.24. The number of carbonyl (C=O) groups is 1. The lowest BCUT2D eigenvalue weighted by atomic mass is 10.1. The molecule has 6 nitrogen and oxygen atoms in total. The summed E-state index contributed by atoms with van der Waals surface area (Å²) >= 11 is 1.40. The molecule has 2 aromatic carbocycles. The number of benzene rings is 2. The van der Waals surface area contributed by atoms with Gasteiger partial charge in [-0.15, -0.1) is 0 Å². The van der Waals surface area contributed by atoms with Gasteiger partial charge in [-0.05, 0) is 47.7 Å². The number of amidine groups is 2. The van der Waals surface area contributed by atoms with Crippen molar-refractivity contribution in [3.63, 3.8) is 0 Å². The fraction of sp³-hybridized carbons (Fsp3) is 0.105. The molecule has 0 spiro atoms. The Kier molecular flexibility index (Phi) is 4.00. The van der Waals surface area contributed by atoms with Crippen LogP contribution < -0.4 is 14.4 Å². The van der Waals surface area contributed by atoms with Crippen LogP contribution in [-0.2, 0) is 4.79 Å². The molecule has 0 unspecified atom stereocenters. The number of nitrogens with one attached hydrogen (secondary N) is 1. The second-order valence-electron chi connectivity index (χ2n) is 5.63. The number of hydrogen-bond acceptors (Lipinski definition) is 5. The molecule has 0 saturated heterocycles. The molecular formula is C19H15N3O3S. The molecule has 0 aliphatic carbocycles. The summed E-state index contributed by atoms with van der Waals surface area (Å²) in [6.45, 7) is 0. The van der Waals surface area contributed by atoms with E-state index in [0.29, 0.717) is 16.7 Å². The summed E-state index contributed by atoms with van der Waals surface area (Å²) in [4.78, 5) is 19.3. The molecule has 0 atom stereocenters. The van der Waals surface area contributed by atoms with Crippen LogP contribution in [0.4, 0.5) is 5.69 Å². The summed E-state index contributed by atoms with van der Waals surface area (Å²) in [5.74, 6) is 0.858. The number of rotatable bonds is 3. The third kappa shape index (κ3) is 2.57. The van der Waals surface area contributed by atoms with E-state index in [0.717, 1.165) is 16.1 Å². The number of anilines is 1. The average molecular weight is 365 g/mol. The van der Waals surface area contributed by atoms with Crippen molar-refractivity contribution in [1.29, 1.82) is 5.41 Å². The molecule has 0 saturated carbocycles. The van der Waals surface area contributed by atoms with Crippen molar-refractivity contribution in [3.8, 4) is 11.5 Å². The molecule has 130 valence electrons. The van der Waals surface area contributed by atoms with E-state index in [-0.39, 0.29) is 11.4 Å². The lowest BCUT2D eigenvalue weighted by Crippen LogP contribution is -2.39. The highest BCUT2D eigenvalue weighted by Gasteiger charge is 2.37. The normalized spacial score (nSPS) is 17.1. The van der Waals surface area contributed by atoms with E-state index in [9.17, 15) is 4.79 Å². The maximum absolute atomic E-state index is 12.5. The van der Waals surface area contributed by atoms with Gasteiger partial charge >= 0.3 is 0 Å². The van der Waals surface area contributed by atoms with Gasteiger partial charge in [0.05, 0.1) is 25.5 Å². The summed E-state index contributed by atoms with van der Waals surface area (Å²) in [6.07, 6.45) is 1.65. The molecule has 2 aliphatic rings. The molecule has 1 N–H and O–H groups in total. The van der Waals surface area contributed by atoms with Crippen LogP contribution in [0.15, 0.2) is 57.9 Å². The van der Waals surface area contributed by atoms with Crippen LogP contribution in [0.5, 0.6) is 11.5 Å². The Bertz CT molecular complexity index is 997. The SMILES string of the molecule is COc1ccc(/C=C2/C(=N)N3C(=NC2=O)Sc2ccccc23)cc1OC. The highest BCUT2D eigenvalue weighted by molar-refractivity contribution is 8.15. The zero-order valence-corrected chi connectivity index (χ0v) is 15.0. The fourth-order valence-electron chi connectivity index (χ4n) is 2.87. The Balaban J connectivity index is 1.76. The Morgan fingerprint density at radius 2 is 1.88 bits per heavy atom. The number of thioether (sulfide) groups is 1. The van der Waals surface area contributed by atoms with Crippen LogP contribution in [0.25, 0.3) is 6.08 Å². The standard InChI is InChI=1S/C19H15N3O3S/c1-24-14-8-7-11(10-15(14)25-2)9-12-17(20)22-13-5-3-4-6-16(13)26-19(22)21-18(12)23/h3-10,20H,1-2H3/b12-9-,20-17?. The predicted octanol–water partition coefficient (Wildman–Crippen LogP) is 3.57. The minimum Gasteiger partial charge on any atom is -0.493 e. The van der Waals surface area contributed by atoms with Gasteiger partial charge in [-0.1, -0.05) is 18.2 Å². The van der Waals surface area contributed by atoms with Gasteiger partial charge in [0.15, 0.2) is 16.7 Å². The van der Waals surface area contributed by atoms with E-state index in [1.54, 1.807) is 43.4 Å². The van der Waals surface area contributed by atoms with E-state index in [2.05, 4.69) is 4.99 Å². The molecule has 2 aromatic rings. The number of hydrogen-bond donors (Lipinski definition) is 1. The van der Waals surface area contributed by atoms with Gasteiger partial charge in [-0.3, -0.25) is 15.1 Å². The molecule has 0 aromatic heterocycles. The van der Waals surface area contributed by atoms with Crippen molar-refractivity contribution in [2.75, 3.05) is 19.1 Å². The number of carbonyl (C=O) groups excluding carboxylic acids is 1. The van der Waals surface area contributed by atoms with Crippen molar-refractivity contribution < 1.29 is 14.3 Å². The number of fused-ring (bicyclic) bond motifs is 3. The van der Waals surface area contributed by atoms with Crippen LogP contribution in [0.1, 0.15) is 5.56 Å². The second-order valence-corrected chi connectivity index (χ2v) is 6.63. The highest BCUT2D eigenvalue weighted by atomic mass is 32.2. The number of amides is 1. The van der Waals surface area contributed by atoms with E-state index in [4.69, 9.17) is 14.9 Å². The minimum absolute atomic E-state index is 0.118. The first-order valence-electron chi connectivity index (χ1n) is 7.85. The predicted molar refractivity (Wildman–Crippen MR) is 102 cm³/mol. The van der Waals surface area contributed by atoms with Crippen LogP contribution >= 0.6 is 11.8 Å². The molecule has 0 fully saturated rings. The minimum atomic E-state index is -0.420. The maximum Gasteiger partial charge on any atom is 0.283 e. The molecule has 0 radical (unpaired) electrons. The first-order valence-corrected chi connectivity index (χ1v) is 8.66. The van der Waals surface area contributed by atoms with Crippen LogP contribution in [0, 0.1) is 5.41 Å². The maximum atomic E-state index is 12.5. The summed E-state index contributed by atoms with van der Waals surface area (Å²) in [5.41, 5.74) is 1.83. The molecule has 0 bridgehead atoms. The summed E-state index contributed by atoms with van der Waals surface area (Å²) in [7, 11) is 3.12. The van der Waals surface area contributed by atoms with Gasteiger partial charge in [0.2, 0.25) is 0 Å². The van der Waals surface area contributed by atoms with Gasteiger partial charge < -0.3 is 9.47 Å². The zero-order chi connectivity index (χ0) is 18.3. The fourth-order valence-corrected chi connectivity index (χ4v) is 3.89. The number of ether oxygens (including phenoxy) is 2. The Labute approximate surface area is 154 Å². The average Bonchev–Trinajstić information content (AvgIpc) is 3.03. The monoisotopic (exact) mass is 365 g/mol. The Morgan fingerprint density at radius 3 is 2.65 bits per heavy atom. The van der Waals surface area contributed by atoms with Crippen molar-refractivity contribution in [2.24, 2.45) is 4.99 Å². The highest BCUT2D eigenvalue weighted by Crippen LogP contribution is 2.42. The molecule has 2 heterocycles. The van der Waals surface area contributed by atoms with Crippen LogP contribution in [0.2, 0.25) is 0 Å². The van der Waals surface area contributed by atoms with E-state index >= 15 is 0 Å². The van der Waals surface area contributed by atoms with Gasteiger partial charge in [0, 0.05) is 4.90 Å². The lowest BCUT2D eigenvalue weighted by molar-refractivity contribution is -0.113. The molecule has 26 heavy (non-hydrogen) atoms. The molecule has 1 amide bonds. The van der Waals surface area contributed by atoms with E-state index in [1.165, 1.54) is 11.8 Å². The topological polar surface area (TPSA) is 75.0 Å². The van der Waals surface area contributed by atoms with Crippen molar-refractivity contribution in [3.05, 3.63) is 53.6 Å². The number of aliphatic imine (C=N–C) groups is 1. The molecule has 2 aliphatic heterocycles. The number of para-hydroxylation sites is 1. The quantitative estimate of drug-likeness (QED) is 0.842. The number of nitrogens with zero attached hydrogens (tertiary/aromatic N) is 2. The van der Waals surface area contributed by atoms with Gasteiger partial charge in [-0.25, -0.2) is 0 Å². The summed E-state index contributed by atoms with van der Waals surface area (Å²) < 4.78 is 10.5. The Morgan fingerprint density at radius 1 is 1.12 bits per heavy atom. The van der Waals surface area contributed by atoms with E-state index < -0.39 is 5.91 Å². The van der Waals surface area contributed by atoms with Crippen LogP contribution in [-0.4, -0.2) is 31.1 Å². The summed E-state index contributed by atoms with van der Waals surface area (Å²) in [6, 6.07) is 13.0. The smallest absolute Gasteiger partial charge is 0.283 e. The molecule has 4 rings (SSSR count). The van der Waals surface area contributed by atoms with Crippen LogP contribution in [0.3, 0.4) is 0 Å². The third-order valence-corrected chi connectivity index (χ3v) is 5.15. The van der Waals surface area contributed by atoms with Gasteiger partial charge in [0.25, 0.3) is 5.91 Å². The molecule has 7 heteroatoms. The zero-order valence-electron chi connectivity index (χ0n) is 14.1. The number of methoxy groups -OCH3 is 2.